The molecule has 1 N–H and O–H groups in total. The molecule has 0 atom stereocenters. The van der Waals surface area contributed by atoms with Gasteiger partial charge in [0.25, 0.3) is 0 Å². The Balaban J connectivity index is 1.64. The van der Waals surface area contributed by atoms with Gasteiger partial charge in [0.05, 0.1) is 5.69 Å². The Bertz CT molecular complexity index is 481. The minimum absolute atomic E-state index is 0.903. The maximum atomic E-state index is 4.34. The van der Waals surface area contributed by atoms with Gasteiger partial charge in [-0.15, -0.1) is 11.3 Å². The Labute approximate surface area is 119 Å². The predicted octanol–water partition coefficient (Wildman–Crippen LogP) is 2.67. The van der Waals surface area contributed by atoms with Crippen LogP contribution in [-0.2, 0) is 13.1 Å². The molecule has 0 aliphatic carbocycles. The largest absolute Gasteiger partial charge is 0.311 e. The molecule has 4 heteroatoms. The lowest BCUT2D eigenvalue weighted by Gasteiger charge is -2.16. The molecular formula is C15H21N3S. The SMILES string of the molecule is Cc1ccsc1CNCCN(C)Cc1ccccn1. The number of nitrogens with zero attached hydrogens (tertiary/aromatic N) is 2. The average Bonchev–Trinajstić information content (AvgIpc) is 2.81. The van der Waals surface area contributed by atoms with Crippen molar-refractivity contribution in [3.05, 3.63) is 52.0 Å². The summed E-state index contributed by atoms with van der Waals surface area (Å²) in [6, 6.07) is 8.23. The molecule has 2 heterocycles. The van der Waals surface area contributed by atoms with E-state index in [4.69, 9.17) is 0 Å². The van der Waals surface area contributed by atoms with Gasteiger partial charge in [-0.1, -0.05) is 6.07 Å². The molecule has 102 valence electrons. The van der Waals surface area contributed by atoms with E-state index in [1.54, 1.807) is 0 Å². The molecule has 0 aliphatic rings. The first-order valence-corrected chi connectivity index (χ1v) is 7.46. The Kier molecular flexibility index (Phi) is 5.51. The van der Waals surface area contributed by atoms with Crippen LogP contribution in [0.3, 0.4) is 0 Å². The highest BCUT2D eigenvalue weighted by atomic mass is 32.1. The zero-order valence-corrected chi connectivity index (χ0v) is 12.4. The molecule has 0 bridgehead atoms. The second-order valence-electron chi connectivity index (χ2n) is 4.76. The summed E-state index contributed by atoms with van der Waals surface area (Å²) in [5.41, 5.74) is 2.51. The number of rotatable bonds is 7. The fourth-order valence-electron chi connectivity index (χ4n) is 1.90. The molecule has 0 aromatic carbocycles. The van der Waals surface area contributed by atoms with E-state index in [1.807, 2.05) is 29.7 Å². The summed E-state index contributed by atoms with van der Waals surface area (Å²) in [6.07, 6.45) is 1.85. The second-order valence-corrected chi connectivity index (χ2v) is 5.76. The Hall–Kier alpha value is -1.23. The number of hydrogen-bond acceptors (Lipinski definition) is 4. The van der Waals surface area contributed by atoms with E-state index < -0.39 is 0 Å². The van der Waals surface area contributed by atoms with Crippen LogP contribution in [-0.4, -0.2) is 30.0 Å². The molecule has 0 spiro atoms. The summed E-state index contributed by atoms with van der Waals surface area (Å²) in [4.78, 5) is 8.06. The highest BCUT2D eigenvalue weighted by Crippen LogP contribution is 2.14. The van der Waals surface area contributed by atoms with Crippen LogP contribution >= 0.6 is 11.3 Å². The van der Waals surface area contributed by atoms with E-state index in [-0.39, 0.29) is 0 Å². The normalized spacial score (nSPS) is 11.1. The van der Waals surface area contributed by atoms with E-state index in [2.05, 4.69) is 46.7 Å². The Morgan fingerprint density at radius 1 is 1.32 bits per heavy atom. The zero-order chi connectivity index (χ0) is 13.5. The topological polar surface area (TPSA) is 28.2 Å². The zero-order valence-electron chi connectivity index (χ0n) is 11.6. The molecule has 2 aromatic rings. The van der Waals surface area contributed by atoms with E-state index in [9.17, 15) is 0 Å². The lowest BCUT2D eigenvalue weighted by atomic mass is 10.3. The molecule has 0 radical (unpaired) electrons. The van der Waals surface area contributed by atoms with Crippen molar-refractivity contribution in [2.24, 2.45) is 0 Å². The minimum Gasteiger partial charge on any atom is -0.311 e. The molecule has 0 aliphatic heterocycles. The van der Waals surface area contributed by atoms with Crippen LogP contribution in [0.5, 0.6) is 0 Å². The number of likely N-dealkylation sites (N-methyl/N-ethyl adjacent to an activating group) is 1. The molecule has 2 aromatic heterocycles. The smallest absolute Gasteiger partial charge is 0.0543 e. The van der Waals surface area contributed by atoms with Gasteiger partial charge in [0.1, 0.15) is 0 Å². The van der Waals surface area contributed by atoms with Crippen molar-refractivity contribution >= 4 is 11.3 Å². The highest BCUT2D eigenvalue weighted by molar-refractivity contribution is 7.10. The maximum Gasteiger partial charge on any atom is 0.0543 e. The van der Waals surface area contributed by atoms with Crippen molar-refractivity contribution in [2.45, 2.75) is 20.0 Å². The van der Waals surface area contributed by atoms with Crippen molar-refractivity contribution < 1.29 is 0 Å². The van der Waals surface area contributed by atoms with E-state index in [1.165, 1.54) is 10.4 Å². The lowest BCUT2D eigenvalue weighted by Crippen LogP contribution is -2.28. The van der Waals surface area contributed by atoms with Crippen LogP contribution < -0.4 is 5.32 Å². The Morgan fingerprint density at radius 2 is 2.21 bits per heavy atom. The minimum atomic E-state index is 0.903. The number of pyridine rings is 1. The summed E-state index contributed by atoms with van der Waals surface area (Å²) in [5, 5.41) is 5.65. The average molecular weight is 275 g/mol. The maximum absolute atomic E-state index is 4.34. The lowest BCUT2D eigenvalue weighted by molar-refractivity contribution is 0.320. The molecule has 0 saturated heterocycles. The second kappa shape index (κ2) is 7.38. The quantitative estimate of drug-likeness (QED) is 0.788. The van der Waals surface area contributed by atoms with Gasteiger partial charge in [-0.05, 0) is 43.1 Å². The summed E-state index contributed by atoms with van der Waals surface area (Å²) < 4.78 is 0. The standard InChI is InChI=1S/C15H21N3S/c1-13-6-10-19-15(13)11-16-8-9-18(2)12-14-5-3-4-7-17-14/h3-7,10,16H,8-9,11-12H2,1-2H3. The van der Waals surface area contributed by atoms with Crippen LogP contribution in [0.1, 0.15) is 16.1 Å². The Morgan fingerprint density at radius 3 is 2.89 bits per heavy atom. The van der Waals surface area contributed by atoms with Crippen molar-refractivity contribution in [1.29, 1.82) is 0 Å². The van der Waals surface area contributed by atoms with E-state index in [0.29, 0.717) is 0 Å². The molecule has 0 saturated carbocycles. The van der Waals surface area contributed by atoms with E-state index in [0.717, 1.165) is 31.9 Å². The van der Waals surface area contributed by atoms with Gasteiger partial charge in [-0.3, -0.25) is 9.88 Å². The fraction of sp³-hybridized carbons (Fsp3) is 0.400. The van der Waals surface area contributed by atoms with Gasteiger partial charge in [0, 0.05) is 37.3 Å². The number of aryl methyl sites for hydroxylation is 1. The molecule has 0 fully saturated rings. The van der Waals surface area contributed by atoms with Crippen molar-refractivity contribution in [3.63, 3.8) is 0 Å². The summed E-state index contributed by atoms with van der Waals surface area (Å²) in [7, 11) is 2.13. The predicted molar refractivity (Wildman–Crippen MR) is 81.3 cm³/mol. The summed E-state index contributed by atoms with van der Waals surface area (Å²) >= 11 is 1.82. The molecule has 19 heavy (non-hydrogen) atoms. The van der Waals surface area contributed by atoms with Crippen LogP contribution in [0, 0.1) is 6.92 Å². The third kappa shape index (κ3) is 4.74. The van der Waals surface area contributed by atoms with Gasteiger partial charge >= 0.3 is 0 Å². The van der Waals surface area contributed by atoms with Crippen LogP contribution in [0.15, 0.2) is 35.8 Å². The van der Waals surface area contributed by atoms with Gasteiger partial charge in [-0.25, -0.2) is 0 Å². The van der Waals surface area contributed by atoms with Gasteiger partial charge in [-0.2, -0.15) is 0 Å². The molecule has 3 nitrogen and oxygen atoms in total. The van der Waals surface area contributed by atoms with Gasteiger partial charge < -0.3 is 5.32 Å². The molecule has 2 rings (SSSR count). The van der Waals surface area contributed by atoms with Crippen LogP contribution in [0.2, 0.25) is 0 Å². The molecule has 0 amide bonds. The highest BCUT2D eigenvalue weighted by Gasteiger charge is 2.02. The van der Waals surface area contributed by atoms with Crippen molar-refractivity contribution in [1.82, 2.24) is 15.2 Å². The first-order valence-electron chi connectivity index (χ1n) is 6.58. The van der Waals surface area contributed by atoms with Crippen molar-refractivity contribution in [3.8, 4) is 0 Å². The van der Waals surface area contributed by atoms with Gasteiger partial charge in [0.2, 0.25) is 0 Å². The molecular weight excluding hydrogens is 254 g/mol. The summed E-state index contributed by atoms with van der Waals surface area (Å²) in [5.74, 6) is 0. The van der Waals surface area contributed by atoms with Crippen LogP contribution in [0.25, 0.3) is 0 Å². The first kappa shape index (κ1) is 14.2. The number of thiophene rings is 1. The third-order valence-corrected chi connectivity index (χ3v) is 4.11. The number of nitrogens with one attached hydrogen (secondary N) is 1. The number of aromatic nitrogens is 1. The monoisotopic (exact) mass is 275 g/mol. The number of hydrogen-bond donors (Lipinski definition) is 1. The van der Waals surface area contributed by atoms with Crippen molar-refractivity contribution in [2.75, 3.05) is 20.1 Å². The van der Waals surface area contributed by atoms with Crippen LogP contribution in [0.4, 0.5) is 0 Å². The first-order chi connectivity index (χ1) is 9.25. The summed E-state index contributed by atoms with van der Waals surface area (Å²) in [6.45, 7) is 6.07. The molecule has 0 unspecified atom stereocenters. The van der Waals surface area contributed by atoms with Gasteiger partial charge in [0.15, 0.2) is 0 Å². The fourth-order valence-corrected chi connectivity index (χ4v) is 2.78. The van der Waals surface area contributed by atoms with E-state index >= 15 is 0 Å². The third-order valence-electron chi connectivity index (χ3n) is 3.08.